The lowest BCUT2D eigenvalue weighted by Gasteiger charge is -2.29. The van der Waals surface area contributed by atoms with Crippen LogP contribution in [0.15, 0.2) is 84.1 Å². The van der Waals surface area contributed by atoms with Gasteiger partial charge in [0.2, 0.25) is 0 Å². The maximum absolute atomic E-state index is 14.3. The summed E-state index contributed by atoms with van der Waals surface area (Å²) in [4.78, 5) is 28.0. The Kier molecular flexibility index (Phi) is 4.71. The second kappa shape index (κ2) is 7.38. The molecule has 0 saturated heterocycles. The highest BCUT2D eigenvalue weighted by molar-refractivity contribution is 6.39. The van der Waals surface area contributed by atoms with Gasteiger partial charge in [0.15, 0.2) is 11.6 Å². The van der Waals surface area contributed by atoms with Crippen molar-refractivity contribution in [3.05, 3.63) is 118 Å². The van der Waals surface area contributed by atoms with Crippen molar-refractivity contribution in [2.75, 3.05) is 4.90 Å². The maximum atomic E-state index is 14.3. The summed E-state index contributed by atoms with van der Waals surface area (Å²) in [6.07, 6.45) is 3.48. The monoisotopic (exact) mass is 437 g/mol. The summed E-state index contributed by atoms with van der Waals surface area (Å²) in [6.45, 7) is 8.17. The Morgan fingerprint density at radius 1 is 0.818 bits per heavy atom. The number of carbonyl (C=O) groups is 2. The van der Waals surface area contributed by atoms with Gasteiger partial charge < -0.3 is 4.90 Å². The first-order valence-corrected chi connectivity index (χ1v) is 11.0. The van der Waals surface area contributed by atoms with Gasteiger partial charge in [0.25, 0.3) is 0 Å². The fourth-order valence-electron chi connectivity index (χ4n) is 5.02. The van der Waals surface area contributed by atoms with E-state index >= 15 is 0 Å². The Hall–Kier alpha value is -3.79. The van der Waals surface area contributed by atoms with E-state index in [4.69, 9.17) is 0 Å². The first-order valence-electron chi connectivity index (χ1n) is 11.0. The molecule has 5 rings (SSSR count). The van der Waals surface area contributed by atoms with Gasteiger partial charge in [-0.15, -0.1) is 0 Å². The van der Waals surface area contributed by atoms with Crippen LogP contribution in [0, 0.1) is 19.7 Å². The number of halogens is 1. The molecule has 164 valence electrons. The summed E-state index contributed by atoms with van der Waals surface area (Å²) in [5.74, 6) is -0.810. The van der Waals surface area contributed by atoms with Crippen LogP contribution in [0.3, 0.4) is 0 Å². The number of nitrogens with zero attached hydrogens (tertiary/aromatic N) is 1. The number of hydrogen-bond donors (Lipinski definition) is 0. The quantitative estimate of drug-likeness (QED) is 0.328. The Labute approximate surface area is 192 Å². The highest BCUT2D eigenvalue weighted by Gasteiger charge is 2.42. The molecule has 4 heteroatoms. The van der Waals surface area contributed by atoms with Gasteiger partial charge in [-0.2, -0.15) is 0 Å². The molecule has 0 N–H and O–H groups in total. The molecule has 0 atom stereocenters. The van der Waals surface area contributed by atoms with Crippen molar-refractivity contribution in [1.29, 1.82) is 0 Å². The second-order valence-electron chi connectivity index (χ2n) is 9.20. The van der Waals surface area contributed by atoms with Crippen LogP contribution in [-0.2, 0) is 5.41 Å². The average molecular weight is 438 g/mol. The molecule has 0 radical (unpaired) electrons. The van der Waals surface area contributed by atoms with Gasteiger partial charge in [0, 0.05) is 22.2 Å². The molecule has 0 fully saturated rings. The summed E-state index contributed by atoms with van der Waals surface area (Å²) in [7, 11) is 0. The molecular formula is C29H24FNO2. The molecule has 0 saturated carbocycles. The largest absolute Gasteiger partial charge is 0.312 e. The average Bonchev–Trinajstić information content (AvgIpc) is 3.14. The van der Waals surface area contributed by atoms with Gasteiger partial charge in [-0.05, 0) is 60.9 Å². The van der Waals surface area contributed by atoms with Crippen LogP contribution in [-0.4, -0.2) is 11.6 Å². The fraction of sp³-hybridized carbons (Fsp3) is 0.172. The highest BCUT2D eigenvalue weighted by atomic mass is 19.1. The normalized spacial score (nSPS) is 17.5. The van der Waals surface area contributed by atoms with Crippen molar-refractivity contribution in [2.45, 2.75) is 33.1 Å². The van der Waals surface area contributed by atoms with Crippen LogP contribution in [0.5, 0.6) is 0 Å². The number of allylic oxidation sites excluding steroid dienone is 4. The number of anilines is 2. The number of para-hydroxylation sites is 1. The van der Waals surface area contributed by atoms with E-state index in [-0.39, 0.29) is 23.0 Å². The summed E-state index contributed by atoms with van der Waals surface area (Å²) < 4.78 is 14.3. The molecule has 0 bridgehead atoms. The van der Waals surface area contributed by atoms with E-state index in [1.165, 1.54) is 6.07 Å². The molecule has 1 aliphatic carbocycles. The minimum absolute atomic E-state index is 0.156. The summed E-state index contributed by atoms with van der Waals surface area (Å²) in [6, 6.07) is 17.9. The number of carbonyl (C=O) groups excluding carboxylic acids is 2. The van der Waals surface area contributed by atoms with Gasteiger partial charge in [0.1, 0.15) is 5.82 Å². The molecule has 0 unspecified atom stereocenters. The van der Waals surface area contributed by atoms with Crippen molar-refractivity contribution < 1.29 is 14.0 Å². The summed E-state index contributed by atoms with van der Waals surface area (Å²) in [5, 5.41) is 0. The number of Topliss-reactive ketones (excluding diaryl/α,β-unsaturated/α-hetero) is 2. The lowest BCUT2D eigenvalue weighted by molar-refractivity contribution is 0.0988. The minimum atomic E-state index is -0.541. The molecule has 0 spiro atoms. The Morgan fingerprint density at radius 2 is 1.42 bits per heavy atom. The molecule has 0 amide bonds. The molecule has 3 aromatic carbocycles. The van der Waals surface area contributed by atoms with E-state index in [9.17, 15) is 14.0 Å². The smallest absolute Gasteiger partial charge is 0.197 e. The lowest BCUT2D eigenvalue weighted by Crippen LogP contribution is -2.23. The van der Waals surface area contributed by atoms with Gasteiger partial charge in [-0.1, -0.05) is 56.3 Å². The van der Waals surface area contributed by atoms with Crippen LogP contribution in [0.1, 0.15) is 51.3 Å². The Morgan fingerprint density at radius 3 is 2.03 bits per heavy atom. The Bertz CT molecular complexity index is 1350. The predicted molar refractivity (Wildman–Crippen MR) is 129 cm³/mol. The van der Waals surface area contributed by atoms with Gasteiger partial charge >= 0.3 is 0 Å². The van der Waals surface area contributed by atoms with E-state index in [0.29, 0.717) is 11.1 Å². The molecule has 1 aliphatic heterocycles. The van der Waals surface area contributed by atoms with Crippen LogP contribution >= 0.6 is 0 Å². The van der Waals surface area contributed by atoms with Crippen LogP contribution in [0.2, 0.25) is 0 Å². The van der Waals surface area contributed by atoms with Crippen molar-refractivity contribution in [3.63, 3.8) is 0 Å². The van der Waals surface area contributed by atoms with Gasteiger partial charge in [-0.25, -0.2) is 4.39 Å². The van der Waals surface area contributed by atoms with Gasteiger partial charge in [0.05, 0.1) is 16.9 Å². The predicted octanol–water partition coefficient (Wildman–Crippen LogP) is 6.76. The topological polar surface area (TPSA) is 37.4 Å². The first-order chi connectivity index (χ1) is 15.7. The first kappa shape index (κ1) is 21.1. The van der Waals surface area contributed by atoms with E-state index in [2.05, 4.69) is 4.90 Å². The van der Waals surface area contributed by atoms with Crippen molar-refractivity contribution in [2.24, 2.45) is 0 Å². The number of rotatable bonds is 2. The highest BCUT2D eigenvalue weighted by Crippen LogP contribution is 2.52. The third kappa shape index (κ3) is 3.09. The molecule has 3 nitrogen and oxygen atoms in total. The third-order valence-electron chi connectivity index (χ3n) is 6.73. The van der Waals surface area contributed by atoms with Crippen LogP contribution in [0.25, 0.3) is 0 Å². The Balaban J connectivity index is 1.72. The second-order valence-corrected chi connectivity index (χ2v) is 9.20. The molecular weight excluding hydrogens is 413 g/mol. The van der Waals surface area contributed by atoms with E-state index < -0.39 is 5.41 Å². The zero-order chi connectivity index (χ0) is 23.5. The van der Waals surface area contributed by atoms with Crippen molar-refractivity contribution in [3.8, 4) is 0 Å². The fourth-order valence-corrected chi connectivity index (χ4v) is 5.02. The molecule has 0 aromatic heterocycles. The molecule has 33 heavy (non-hydrogen) atoms. The van der Waals surface area contributed by atoms with E-state index in [1.54, 1.807) is 42.5 Å². The van der Waals surface area contributed by atoms with Crippen LogP contribution < -0.4 is 4.90 Å². The molecule has 2 aliphatic rings. The number of benzene rings is 3. The number of ketones is 2. The molecule has 1 heterocycles. The zero-order valence-corrected chi connectivity index (χ0v) is 19.1. The zero-order valence-electron chi connectivity index (χ0n) is 19.1. The lowest BCUT2D eigenvalue weighted by atomic mass is 9.83. The minimum Gasteiger partial charge on any atom is -0.312 e. The summed E-state index contributed by atoms with van der Waals surface area (Å²) >= 11 is 0. The molecule has 3 aromatic rings. The van der Waals surface area contributed by atoms with Crippen molar-refractivity contribution >= 4 is 22.9 Å². The van der Waals surface area contributed by atoms with Crippen LogP contribution in [0.4, 0.5) is 15.8 Å². The summed E-state index contributed by atoms with van der Waals surface area (Å²) in [5.41, 5.74) is 6.33. The van der Waals surface area contributed by atoms with E-state index in [0.717, 1.165) is 33.8 Å². The van der Waals surface area contributed by atoms with E-state index in [1.807, 2.05) is 52.0 Å². The van der Waals surface area contributed by atoms with Gasteiger partial charge in [-0.3, -0.25) is 9.59 Å². The SMILES string of the molecule is Cc1cccc(C)c1N1/C(=C/C=C2C(=O)c3ccccc3C2=O)C(C)(C)c2cc(F)ccc21. The number of hydrogen-bond acceptors (Lipinski definition) is 3. The maximum Gasteiger partial charge on any atom is 0.197 e. The number of aryl methyl sites for hydroxylation is 2. The number of fused-ring (bicyclic) bond motifs is 2. The third-order valence-corrected chi connectivity index (χ3v) is 6.73. The standard InChI is InChI=1S/C29H24FNO2/c1-17-8-7-9-18(2)26(17)31-24-14-12-19(30)16-23(24)29(3,4)25(31)15-13-22-27(32)20-10-5-6-11-21(20)28(22)33/h5-16H,1-4H3/b25-15+. The van der Waals surface area contributed by atoms with Crippen molar-refractivity contribution in [1.82, 2.24) is 0 Å².